The molecule has 0 bridgehead atoms. The maximum Gasteiger partial charge on any atom is 0.216 e. The summed E-state index contributed by atoms with van der Waals surface area (Å²) in [5.41, 5.74) is 3.37. The summed E-state index contributed by atoms with van der Waals surface area (Å²) in [7, 11) is 0. The molecule has 0 heterocycles. The largest absolute Gasteiger partial charge is 0.355 e. The molecule has 1 aliphatic rings. The van der Waals surface area contributed by atoms with E-state index in [0.717, 1.165) is 17.5 Å². The van der Waals surface area contributed by atoms with Gasteiger partial charge in [-0.1, -0.05) is 17.9 Å². The van der Waals surface area contributed by atoms with E-state index in [1.54, 1.807) is 0 Å². The van der Waals surface area contributed by atoms with Gasteiger partial charge >= 0.3 is 0 Å². The zero-order valence-corrected chi connectivity index (χ0v) is 11.1. The Bertz CT molecular complexity index is 564. The van der Waals surface area contributed by atoms with E-state index in [-0.39, 0.29) is 5.91 Å². The average Bonchev–Trinajstić information content (AvgIpc) is 2.38. The second-order valence-corrected chi connectivity index (χ2v) is 4.73. The average molecular weight is 255 g/mol. The molecule has 0 spiro atoms. The molecule has 0 fully saturated rings. The number of benzene rings is 1. The maximum atomic E-state index is 11.3. The van der Waals surface area contributed by atoms with E-state index < -0.39 is 0 Å². The molecule has 1 amide bonds. The molecular formula is C16H17NO2. The van der Waals surface area contributed by atoms with Crippen molar-refractivity contribution in [3.05, 3.63) is 34.9 Å². The highest BCUT2D eigenvalue weighted by Gasteiger charge is 2.14. The fourth-order valence-corrected chi connectivity index (χ4v) is 2.15. The lowest BCUT2D eigenvalue weighted by Crippen LogP contribution is -2.20. The third-order valence-corrected chi connectivity index (χ3v) is 3.12. The Labute approximate surface area is 113 Å². The van der Waals surface area contributed by atoms with Crippen LogP contribution in [0.3, 0.4) is 0 Å². The number of aryl methyl sites for hydroxylation is 1. The van der Waals surface area contributed by atoms with Crippen LogP contribution in [0.15, 0.2) is 18.2 Å². The van der Waals surface area contributed by atoms with Gasteiger partial charge in [0.15, 0.2) is 0 Å². The quantitative estimate of drug-likeness (QED) is 0.645. The van der Waals surface area contributed by atoms with Crippen LogP contribution < -0.4 is 5.32 Å². The van der Waals surface area contributed by atoms with E-state index in [4.69, 9.17) is 0 Å². The van der Waals surface area contributed by atoms with Gasteiger partial charge in [0.05, 0.1) is 0 Å². The summed E-state index contributed by atoms with van der Waals surface area (Å²) in [4.78, 5) is 22.0. The van der Waals surface area contributed by atoms with Crippen molar-refractivity contribution in [1.29, 1.82) is 0 Å². The Morgan fingerprint density at radius 1 is 1.32 bits per heavy atom. The second kappa shape index (κ2) is 6.19. The highest BCUT2D eigenvalue weighted by molar-refractivity contribution is 5.83. The molecule has 19 heavy (non-hydrogen) atoms. The molecular weight excluding hydrogens is 238 g/mol. The first-order valence-corrected chi connectivity index (χ1v) is 6.52. The van der Waals surface area contributed by atoms with Crippen LogP contribution in [0.5, 0.6) is 0 Å². The van der Waals surface area contributed by atoms with E-state index in [0.29, 0.717) is 31.6 Å². The third-order valence-electron chi connectivity index (χ3n) is 3.12. The normalized spacial score (nSPS) is 13.2. The summed E-state index contributed by atoms with van der Waals surface area (Å²) in [5.74, 6) is 6.43. The number of ketones is 1. The van der Waals surface area contributed by atoms with Gasteiger partial charge in [0.1, 0.15) is 5.78 Å². The highest BCUT2D eigenvalue weighted by atomic mass is 16.1. The monoisotopic (exact) mass is 255 g/mol. The summed E-state index contributed by atoms with van der Waals surface area (Å²) in [5, 5.41) is 2.71. The number of hydrogen-bond donors (Lipinski definition) is 1. The van der Waals surface area contributed by atoms with Crippen LogP contribution in [0.4, 0.5) is 0 Å². The van der Waals surface area contributed by atoms with Crippen LogP contribution >= 0.6 is 0 Å². The van der Waals surface area contributed by atoms with Gasteiger partial charge in [-0.3, -0.25) is 9.59 Å². The molecule has 0 radical (unpaired) electrons. The van der Waals surface area contributed by atoms with E-state index in [2.05, 4.69) is 23.2 Å². The standard InChI is InChI=1S/C16H17NO2/c1-12(18)17-9-3-2-4-13-5-6-15-11-16(19)8-7-14(15)10-13/h5-6,10H,3,7-9,11H2,1H3,(H,17,18). The van der Waals surface area contributed by atoms with Crippen molar-refractivity contribution in [2.45, 2.75) is 32.6 Å². The maximum absolute atomic E-state index is 11.3. The van der Waals surface area contributed by atoms with Gasteiger partial charge in [-0.15, -0.1) is 0 Å². The molecule has 1 aromatic rings. The van der Waals surface area contributed by atoms with E-state index in [9.17, 15) is 9.59 Å². The molecule has 1 aromatic carbocycles. The molecule has 0 aliphatic heterocycles. The SMILES string of the molecule is CC(=O)NCCC#Cc1ccc2c(c1)CCC(=O)C2. The van der Waals surface area contributed by atoms with Crippen LogP contribution in [0.1, 0.15) is 36.5 Å². The molecule has 3 nitrogen and oxygen atoms in total. The van der Waals surface area contributed by atoms with Gasteiger partial charge in [0, 0.05) is 38.3 Å². The van der Waals surface area contributed by atoms with Crippen molar-refractivity contribution < 1.29 is 9.59 Å². The van der Waals surface area contributed by atoms with Crippen molar-refractivity contribution in [1.82, 2.24) is 5.32 Å². The first kappa shape index (κ1) is 13.4. The minimum Gasteiger partial charge on any atom is -0.355 e. The summed E-state index contributed by atoms with van der Waals surface area (Å²) < 4.78 is 0. The predicted octanol–water partition coefficient (Wildman–Crippen LogP) is 1.62. The Hall–Kier alpha value is -2.08. The smallest absolute Gasteiger partial charge is 0.216 e. The first-order valence-electron chi connectivity index (χ1n) is 6.52. The van der Waals surface area contributed by atoms with Crippen LogP contribution in [-0.4, -0.2) is 18.2 Å². The fraction of sp³-hybridized carbons (Fsp3) is 0.375. The molecule has 0 saturated carbocycles. The van der Waals surface area contributed by atoms with Gasteiger partial charge in [-0.25, -0.2) is 0 Å². The van der Waals surface area contributed by atoms with Gasteiger partial charge < -0.3 is 5.32 Å². The number of carbonyl (C=O) groups excluding carboxylic acids is 2. The molecule has 2 rings (SSSR count). The Balaban J connectivity index is 1.97. The Kier molecular flexibility index (Phi) is 4.35. The zero-order chi connectivity index (χ0) is 13.7. The number of rotatable bonds is 2. The highest BCUT2D eigenvalue weighted by Crippen LogP contribution is 2.20. The fourth-order valence-electron chi connectivity index (χ4n) is 2.15. The number of carbonyl (C=O) groups is 2. The molecule has 0 unspecified atom stereocenters. The number of hydrogen-bond acceptors (Lipinski definition) is 2. The van der Waals surface area contributed by atoms with Crippen molar-refractivity contribution in [3.8, 4) is 11.8 Å². The van der Waals surface area contributed by atoms with Crippen LogP contribution in [0.2, 0.25) is 0 Å². The van der Waals surface area contributed by atoms with Crippen LogP contribution in [0, 0.1) is 11.8 Å². The number of Topliss-reactive ketones (excluding diaryl/α,β-unsaturated/α-hetero) is 1. The van der Waals surface area contributed by atoms with Gasteiger partial charge in [-0.2, -0.15) is 0 Å². The van der Waals surface area contributed by atoms with Crippen molar-refractivity contribution in [2.75, 3.05) is 6.54 Å². The minimum atomic E-state index is -0.0275. The zero-order valence-electron chi connectivity index (χ0n) is 11.1. The summed E-state index contributed by atoms with van der Waals surface area (Å²) in [6.07, 6.45) is 2.68. The summed E-state index contributed by atoms with van der Waals surface area (Å²) in [6.45, 7) is 2.08. The topological polar surface area (TPSA) is 46.2 Å². The van der Waals surface area contributed by atoms with Gasteiger partial charge in [0.25, 0.3) is 0 Å². The summed E-state index contributed by atoms with van der Waals surface area (Å²) in [6, 6.07) is 6.04. The summed E-state index contributed by atoms with van der Waals surface area (Å²) >= 11 is 0. The molecule has 0 atom stereocenters. The van der Waals surface area contributed by atoms with Crippen molar-refractivity contribution in [2.24, 2.45) is 0 Å². The van der Waals surface area contributed by atoms with Crippen LogP contribution in [0.25, 0.3) is 0 Å². The van der Waals surface area contributed by atoms with E-state index in [1.165, 1.54) is 12.5 Å². The van der Waals surface area contributed by atoms with Crippen molar-refractivity contribution >= 4 is 11.7 Å². The van der Waals surface area contributed by atoms with E-state index >= 15 is 0 Å². The molecule has 1 N–H and O–H groups in total. The number of amides is 1. The Morgan fingerprint density at radius 2 is 2.16 bits per heavy atom. The van der Waals surface area contributed by atoms with Gasteiger partial charge in [-0.05, 0) is 29.7 Å². The van der Waals surface area contributed by atoms with E-state index in [1.807, 2.05) is 12.1 Å². The third kappa shape index (κ3) is 3.96. The predicted molar refractivity (Wildman–Crippen MR) is 73.7 cm³/mol. The van der Waals surface area contributed by atoms with Crippen molar-refractivity contribution in [3.63, 3.8) is 0 Å². The second-order valence-electron chi connectivity index (χ2n) is 4.73. The molecule has 1 aliphatic carbocycles. The molecule has 0 aromatic heterocycles. The molecule has 3 heteroatoms. The molecule has 0 saturated heterocycles. The lowest BCUT2D eigenvalue weighted by Gasteiger charge is -2.14. The molecule has 98 valence electrons. The lowest BCUT2D eigenvalue weighted by molar-refractivity contribution is -0.119. The minimum absolute atomic E-state index is 0.0275. The Morgan fingerprint density at radius 3 is 2.95 bits per heavy atom. The number of fused-ring (bicyclic) bond motifs is 1. The van der Waals surface area contributed by atoms with Crippen LogP contribution in [-0.2, 0) is 22.4 Å². The lowest BCUT2D eigenvalue weighted by atomic mass is 9.90. The van der Waals surface area contributed by atoms with Gasteiger partial charge in [0.2, 0.25) is 5.91 Å². The number of nitrogens with one attached hydrogen (secondary N) is 1. The first-order chi connectivity index (χ1) is 9.15.